The molecule has 8 heteroatoms. The molecule has 2 aromatic rings. The quantitative estimate of drug-likeness (QED) is 0.474. The first-order valence-corrected chi connectivity index (χ1v) is 14.0. The van der Waals surface area contributed by atoms with Gasteiger partial charge >= 0.3 is 0 Å². The van der Waals surface area contributed by atoms with E-state index in [4.69, 9.17) is 0 Å². The maximum absolute atomic E-state index is 13.4. The van der Waals surface area contributed by atoms with E-state index in [1.165, 1.54) is 10.6 Å². The van der Waals surface area contributed by atoms with Crippen LogP contribution in [0.2, 0.25) is 0 Å². The highest BCUT2D eigenvalue weighted by atomic mass is 32.2. The minimum Gasteiger partial charge on any atom is -0.355 e. The van der Waals surface area contributed by atoms with Crippen molar-refractivity contribution in [3.8, 4) is 0 Å². The molecular formula is C27H39N3O4S. The van der Waals surface area contributed by atoms with Gasteiger partial charge in [-0.1, -0.05) is 48.9 Å². The molecule has 2 aromatic carbocycles. The molecule has 0 aliphatic rings. The molecule has 0 unspecified atom stereocenters. The molecule has 1 N–H and O–H groups in total. The van der Waals surface area contributed by atoms with Gasteiger partial charge in [-0.05, 0) is 63.3 Å². The van der Waals surface area contributed by atoms with Gasteiger partial charge in [0.05, 0.1) is 11.9 Å². The number of nitrogens with one attached hydrogen (secondary N) is 1. The van der Waals surface area contributed by atoms with Crippen LogP contribution in [0.5, 0.6) is 0 Å². The molecule has 7 nitrogen and oxygen atoms in total. The molecule has 0 spiro atoms. The van der Waals surface area contributed by atoms with Crippen LogP contribution in [0.25, 0.3) is 0 Å². The Labute approximate surface area is 210 Å². The fourth-order valence-electron chi connectivity index (χ4n) is 4.07. The lowest BCUT2D eigenvalue weighted by Crippen LogP contribution is -2.49. The summed E-state index contributed by atoms with van der Waals surface area (Å²) in [6.07, 6.45) is 2.15. The second-order valence-corrected chi connectivity index (χ2v) is 11.0. The number of likely N-dealkylation sites (N-methyl/N-ethyl adjacent to an activating group) is 1. The van der Waals surface area contributed by atoms with E-state index < -0.39 is 16.1 Å². The third kappa shape index (κ3) is 8.09. The van der Waals surface area contributed by atoms with Crippen molar-refractivity contribution in [3.05, 3.63) is 64.7 Å². The number of anilines is 1. The second kappa shape index (κ2) is 12.7. The van der Waals surface area contributed by atoms with Crippen LogP contribution in [0, 0.1) is 20.8 Å². The zero-order valence-electron chi connectivity index (χ0n) is 21.8. The van der Waals surface area contributed by atoms with E-state index in [0.29, 0.717) is 31.6 Å². The van der Waals surface area contributed by atoms with E-state index in [-0.39, 0.29) is 24.8 Å². The molecule has 1 atom stereocenters. The summed E-state index contributed by atoms with van der Waals surface area (Å²) in [6, 6.07) is 13.0. The number of sulfonamides is 1. The van der Waals surface area contributed by atoms with Crippen molar-refractivity contribution in [2.24, 2.45) is 0 Å². The Balaban J connectivity index is 2.23. The second-order valence-electron chi connectivity index (χ2n) is 9.05. The van der Waals surface area contributed by atoms with Gasteiger partial charge in [-0.2, -0.15) is 0 Å². The number of benzene rings is 2. The smallest absolute Gasteiger partial charge is 0.242 e. The Morgan fingerprint density at radius 1 is 0.971 bits per heavy atom. The third-order valence-corrected chi connectivity index (χ3v) is 7.18. The van der Waals surface area contributed by atoms with Gasteiger partial charge in [-0.25, -0.2) is 8.42 Å². The van der Waals surface area contributed by atoms with Gasteiger partial charge in [0.1, 0.15) is 6.04 Å². The van der Waals surface area contributed by atoms with Gasteiger partial charge in [0.15, 0.2) is 0 Å². The van der Waals surface area contributed by atoms with E-state index in [9.17, 15) is 18.0 Å². The molecule has 0 saturated carbocycles. The molecule has 192 valence electrons. The average molecular weight is 502 g/mol. The maximum atomic E-state index is 13.4. The number of rotatable bonds is 12. The Bertz CT molecular complexity index is 1110. The Kier molecular flexibility index (Phi) is 10.3. The summed E-state index contributed by atoms with van der Waals surface area (Å²) in [4.78, 5) is 27.8. The van der Waals surface area contributed by atoms with Gasteiger partial charge in [-0.15, -0.1) is 0 Å². The van der Waals surface area contributed by atoms with Gasteiger partial charge in [0.2, 0.25) is 21.8 Å². The maximum Gasteiger partial charge on any atom is 0.242 e. The topological polar surface area (TPSA) is 86.8 Å². The van der Waals surface area contributed by atoms with Crippen LogP contribution in [-0.2, 0) is 26.2 Å². The Hall–Kier alpha value is -2.87. The SMILES string of the molecule is CCNC(=O)[C@@H](CC)N(Cc1ccc(C)cc1)C(=O)CCCN(c1cc(C)ccc1C)S(C)(=O)=O. The third-order valence-electron chi connectivity index (χ3n) is 6.00. The summed E-state index contributed by atoms with van der Waals surface area (Å²) in [6.45, 7) is 10.5. The summed E-state index contributed by atoms with van der Waals surface area (Å²) >= 11 is 0. The van der Waals surface area contributed by atoms with Crippen molar-refractivity contribution in [2.45, 2.75) is 66.5 Å². The number of hydrogen-bond acceptors (Lipinski definition) is 4. The lowest BCUT2D eigenvalue weighted by atomic mass is 10.1. The Morgan fingerprint density at radius 3 is 2.17 bits per heavy atom. The predicted octanol–water partition coefficient (Wildman–Crippen LogP) is 4.10. The van der Waals surface area contributed by atoms with E-state index in [1.54, 1.807) is 4.90 Å². The summed E-state index contributed by atoms with van der Waals surface area (Å²) in [5.41, 5.74) is 4.52. The minimum atomic E-state index is -3.53. The standard InChI is InChI=1S/C27H39N3O4S/c1-7-24(27(32)28-8-2)29(19-23-15-12-20(3)13-16-23)26(31)10-9-17-30(35(6,33)34)25-18-21(4)11-14-22(25)5/h11-16,18,24H,7-10,17,19H2,1-6H3,(H,28,32)/t24-/m1/s1. The fourth-order valence-corrected chi connectivity index (χ4v) is 5.09. The van der Waals surface area contributed by atoms with Crippen LogP contribution in [0.15, 0.2) is 42.5 Å². The van der Waals surface area contributed by atoms with Crippen molar-refractivity contribution in [2.75, 3.05) is 23.7 Å². The summed E-state index contributed by atoms with van der Waals surface area (Å²) < 4.78 is 26.5. The number of amides is 2. The first kappa shape index (κ1) is 28.4. The summed E-state index contributed by atoms with van der Waals surface area (Å²) in [5, 5.41) is 2.83. The Morgan fingerprint density at radius 2 is 1.60 bits per heavy atom. The van der Waals surface area contributed by atoms with Crippen LogP contribution in [0.3, 0.4) is 0 Å². The highest BCUT2D eigenvalue weighted by molar-refractivity contribution is 7.92. The number of carbonyl (C=O) groups is 2. The number of carbonyl (C=O) groups excluding carboxylic acids is 2. The van der Waals surface area contributed by atoms with E-state index >= 15 is 0 Å². The molecule has 0 aliphatic carbocycles. The average Bonchev–Trinajstić information content (AvgIpc) is 2.79. The zero-order chi connectivity index (χ0) is 26.2. The number of aryl methyl sites for hydroxylation is 3. The summed E-state index contributed by atoms with van der Waals surface area (Å²) in [5.74, 6) is -0.346. The van der Waals surface area contributed by atoms with Crippen LogP contribution in [-0.4, -0.2) is 50.5 Å². The molecule has 0 radical (unpaired) electrons. The first-order valence-electron chi connectivity index (χ1n) is 12.2. The van der Waals surface area contributed by atoms with Crippen LogP contribution < -0.4 is 9.62 Å². The van der Waals surface area contributed by atoms with E-state index in [2.05, 4.69) is 5.32 Å². The molecule has 35 heavy (non-hydrogen) atoms. The van der Waals surface area contributed by atoms with Gasteiger partial charge < -0.3 is 10.2 Å². The predicted molar refractivity (Wildman–Crippen MR) is 142 cm³/mol. The minimum absolute atomic E-state index is 0.138. The van der Waals surface area contributed by atoms with Crippen molar-refractivity contribution >= 4 is 27.5 Å². The van der Waals surface area contributed by atoms with Crippen molar-refractivity contribution in [3.63, 3.8) is 0 Å². The monoisotopic (exact) mass is 501 g/mol. The molecule has 2 amide bonds. The van der Waals surface area contributed by atoms with Crippen molar-refractivity contribution in [1.82, 2.24) is 10.2 Å². The molecule has 0 bridgehead atoms. The molecular weight excluding hydrogens is 462 g/mol. The largest absolute Gasteiger partial charge is 0.355 e. The van der Waals surface area contributed by atoms with Gasteiger partial charge in [-0.3, -0.25) is 13.9 Å². The van der Waals surface area contributed by atoms with Gasteiger partial charge in [0, 0.05) is 26.1 Å². The first-order chi connectivity index (χ1) is 16.5. The molecule has 2 rings (SSSR count). The lowest BCUT2D eigenvalue weighted by Gasteiger charge is -2.31. The molecule has 0 fully saturated rings. The highest BCUT2D eigenvalue weighted by Crippen LogP contribution is 2.25. The number of nitrogens with zero attached hydrogens (tertiary/aromatic N) is 2. The van der Waals surface area contributed by atoms with Crippen LogP contribution in [0.4, 0.5) is 5.69 Å². The number of hydrogen-bond donors (Lipinski definition) is 1. The fraction of sp³-hybridized carbons (Fsp3) is 0.481. The summed E-state index contributed by atoms with van der Waals surface area (Å²) in [7, 11) is -3.53. The van der Waals surface area contributed by atoms with Crippen molar-refractivity contribution < 1.29 is 18.0 Å². The van der Waals surface area contributed by atoms with Crippen LogP contribution >= 0.6 is 0 Å². The zero-order valence-corrected chi connectivity index (χ0v) is 22.6. The normalized spacial score (nSPS) is 12.2. The van der Waals surface area contributed by atoms with Crippen molar-refractivity contribution in [1.29, 1.82) is 0 Å². The van der Waals surface area contributed by atoms with Gasteiger partial charge in [0.25, 0.3) is 0 Å². The molecule has 0 aliphatic heterocycles. The van der Waals surface area contributed by atoms with E-state index in [0.717, 1.165) is 22.3 Å². The molecule has 0 aromatic heterocycles. The lowest BCUT2D eigenvalue weighted by molar-refractivity contribution is -0.141. The van der Waals surface area contributed by atoms with Crippen LogP contribution in [0.1, 0.15) is 55.4 Å². The molecule has 0 saturated heterocycles. The molecule has 0 heterocycles. The highest BCUT2D eigenvalue weighted by Gasteiger charge is 2.28. The van der Waals surface area contributed by atoms with E-state index in [1.807, 2.05) is 77.1 Å².